The van der Waals surface area contributed by atoms with Crippen LogP contribution in [0.1, 0.15) is 30.6 Å². The fourth-order valence-corrected chi connectivity index (χ4v) is 2.28. The van der Waals surface area contributed by atoms with Crippen molar-refractivity contribution in [2.75, 3.05) is 13.2 Å². The zero-order valence-electron chi connectivity index (χ0n) is 13.3. The third-order valence-electron chi connectivity index (χ3n) is 3.53. The van der Waals surface area contributed by atoms with E-state index in [9.17, 15) is 9.18 Å². The molecule has 0 bridgehead atoms. The predicted molar refractivity (Wildman–Crippen MR) is 88.5 cm³/mol. The lowest BCUT2D eigenvalue weighted by Crippen LogP contribution is -2.27. The molecule has 2 aromatic rings. The van der Waals surface area contributed by atoms with Gasteiger partial charge in [0, 0.05) is 13.2 Å². The minimum Gasteiger partial charge on any atom is -0.374 e. The molecule has 1 N–H and O–H groups in total. The van der Waals surface area contributed by atoms with E-state index in [1.807, 2.05) is 37.3 Å². The number of carbonyl (C=O) groups is 1. The molecule has 1 unspecified atom stereocenters. The number of hydrogen-bond acceptors (Lipinski definition) is 2. The van der Waals surface area contributed by atoms with Gasteiger partial charge in [0.15, 0.2) is 0 Å². The highest BCUT2D eigenvalue weighted by Crippen LogP contribution is 2.15. The fraction of sp³-hybridized carbons (Fsp3) is 0.316. The summed E-state index contributed by atoms with van der Waals surface area (Å²) >= 11 is 0. The molecule has 0 saturated carbocycles. The zero-order valence-corrected chi connectivity index (χ0v) is 13.3. The standard InChI is InChI=1S/C19H22FNO2/c1-15(17-8-3-2-4-9-17)23-12-6-11-21-19(22)14-16-7-5-10-18(20)13-16/h2-5,7-10,13,15H,6,11-12,14H2,1H3,(H,21,22). The van der Waals surface area contributed by atoms with Gasteiger partial charge in [-0.3, -0.25) is 4.79 Å². The maximum Gasteiger partial charge on any atom is 0.224 e. The number of amides is 1. The van der Waals surface area contributed by atoms with Crippen molar-refractivity contribution in [2.45, 2.75) is 25.9 Å². The molecule has 3 nitrogen and oxygen atoms in total. The number of hydrogen-bond donors (Lipinski definition) is 1. The van der Waals surface area contributed by atoms with Crippen molar-refractivity contribution in [3.63, 3.8) is 0 Å². The molecule has 1 atom stereocenters. The Labute approximate surface area is 136 Å². The minimum absolute atomic E-state index is 0.0409. The van der Waals surface area contributed by atoms with Crippen molar-refractivity contribution in [3.8, 4) is 0 Å². The molecule has 0 radical (unpaired) electrons. The summed E-state index contributed by atoms with van der Waals surface area (Å²) in [6, 6.07) is 16.1. The monoisotopic (exact) mass is 315 g/mol. The van der Waals surface area contributed by atoms with Gasteiger partial charge < -0.3 is 10.1 Å². The Balaban J connectivity index is 1.61. The van der Waals surface area contributed by atoms with E-state index in [4.69, 9.17) is 4.74 Å². The second kappa shape index (κ2) is 9.06. The summed E-state index contributed by atoms with van der Waals surface area (Å²) in [6.07, 6.45) is 0.977. The van der Waals surface area contributed by atoms with Crippen LogP contribution in [0.4, 0.5) is 4.39 Å². The van der Waals surface area contributed by atoms with Gasteiger partial charge in [0.2, 0.25) is 5.91 Å². The second-order valence-electron chi connectivity index (χ2n) is 5.43. The molecular weight excluding hydrogens is 293 g/mol. The molecule has 122 valence electrons. The summed E-state index contributed by atoms with van der Waals surface area (Å²) in [6.45, 7) is 3.14. The molecule has 2 aromatic carbocycles. The summed E-state index contributed by atoms with van der Waals surface area (Å²) in [7, 11) is 0. The van der Waals surface area contributed by atoms with Crippen LogP contribution in [0.15, 0.2) is 54.6 Å². The Morgan fingerprint density at radius 2 is 1.96 bits per heavy atom. The van der Waals surface area contributed by atoms with Crippen LogP contribution in [0.2, 0.25) is 0 Å². The first-order chi connectivity index (χ1) is 11.1. The molecule has 0 fully saturated rings. The minimum atomic E-state index is -0.321. The van der Waals surface area contributed by atoms with Gasteiger partial charge in [0.1, 0.15) is 5.82 Å². The van der Waals surface area contributed by atoms with Gasteiger partial charge in [-0.15, -0.1) is 0 Å². The molecule has 2 rings (SSSR count). The van der Waals surface area contributed by atoms with E-state index in [-0.39, 0.29) is 24.2 Å². The molecule has 0 aliphatic rings. The highest BCUT2D eigenvalue weighted by Gasteiger charge is 2.06. The van der Waals surface area contributed by atoms with Gasteiger partial charge in [-0.05, 0) is 36.6 Å². The Morgan fingerprint density at radius 1 is 1.17 bits per heavy atom. The molecule has 0 saturated heterocycles. The number of ether oxygens (including phenoxy) is 1. The average Bonchev–Trinajstić information content (AvgIpc) is 2.55. The predicted octanol–water partition coefficient (Wildman–Crippen LogP) is 3.65. The lowest BCUT2D eigenvalue weighted by Gasteiger charge is -2.13. The quantitative estimate of drug-likeness (QED) is 0.755. The molecule has 0 heterocycles. The lowest BCUT2D eigenvalue weighted by atomic mass is 10.1. The Bertz CT molecular complexity index is 616. The number of carbonyl (C=O) groups excluding carboxylic acids is 1. The van der Waals surface area contributed by atoms with E-state index in [0.29, 0.717) is 18.7 Å². The number of halogens is 1. The first-order valence-corrected chi connectivity index (χ1v) is 7.83. The van der Waals surface area contributed by atoms with Crippen molar-refractivity contribution in [3.05, 3.63) is 71.5 Å². The van der Waals surface area contributed by atoms with Crippen molar-refractivity contribution >= 4 is 5.91 Å². The van der Waals surface area contributed by atoms with E-state index >= 15 is 0 Å². The Kier molecular flexibility index (Phi) is 6.76. The molecule has 0 aliphatic heterocycles. The third-order valence-corrected chi connectivity index (χ3v) is 3.53. The Morgan fingerprint density at radius 3 is 2.70 bits per heavy atom. The molecule has 23 heavy (non-hydrogen) atoms. The van der Waals surface area contributed by atoms with Crippen LogP contribution in [0, 0.1) is 5.82 Å². The largest absolute Gasteiger partial charge is 0.374 e. The van der Waals surface area contributed by atoms with Crippen molar-refractivity contribution < 1.29 is 13.9 Å². The fourth-order valence-electron chi connectivity index (χ4n) is 2.28. The van der Waals surface area contributed by atoms with Gasteiger partial charge in [-0.25, -0.2) is 4.39 Å². The number of benzene rings is 2. The maximum absolute atomic E-state index is 13.0. The summed E-state index contributed by atoms with van der Waals surface area (Å²) in [4.78, 5) is 11.8. The normalized spacial score (nSPS) is 11.9. The van der Waals surface area contributed by atoms with Crippen LogP contribution in [-0.2, 0) is 16.0 Å². The van der Waals surface area contributed by atoms with Crippen LogP contribution < -0.4 is 5.32 Å². The van der Waals surface area contributed by atoms with Crippen molar-refractivity contribution in [1.82, 2.24) is 5.32 Å². The first-order valence-electron chi connectivity index (χ1n) is 7.83. The number of rotatable bonds is 8. The lowest BCUT2D eigenvalue weighted by molar-refractivity contribution is -0.120. The second-order valence-corrected chi connectivity index (χ2v) is 5.43. The topological polar surface area (TPSA) is 38.3 Å². The highest BCUT2D eigenvalue weighted by molar-refractivity contribution is 5.78. The third kappa shape index (κ3) is 6.20. The van der Waals surface area contributed by atoms with Gasteiger partial charge >= 0.3 is 0 Å². The molecule has 4 heteroatoms. The maximum atomic E-state index is 13.0. The van der Waals surface area contributed by atoms with Gasteiger partial charge in [-0.2, -0.15) is 0 Å². The smallest absolute Gasteiger partial charge is 0.224 e. The summed E-state index contributed by atoms with van der Waals surface area (Å²) in [5.41, 5.74) is 1.82. The summed E-state index contributed by atoms with van der Waals surface area (Å²) < 4.78 is 18.8. The van der Waals surface area contributed by atoms with Gasteiger partial charge in [0.25, 0.3) is 0 Å². The van der Waals surface area contributed by atoms with Crippen LogP contribution in [-0.4, -0.2) is 19.1 Å². The van der Waals surface area contributed by atoms with Crippen LogP contribution in [0.3, 0.4) is 0 Å². The highest BCUT2D eigenvalue weighted by atomic mass is 19.1. The van der Waals surface area contributed by atoms with E-state index < -0.39 is 0 Å². The van der Waals surface area contributed by atoms with Crippen molar-refractivity contribution in [2.24, 2.45) is 0 Å². The van der Waals surface area contributed by atoms with E-state index in [0.717, 1.165) is 12.0 Å². The molecule has 0 aliphatic carbocycles. The summed E-state index contributed by atoms with van der Waals surface area (Å²) in [5.74, 6) is -0.426. The first kappa shape index (κ1) is 17.2. The molecule has 0 aromatic heterocycles. The zero-order chi connectivity index (χ0) is 16.5. The summed E-state index contributed by atoms with van der Waals surface area (Å²) in [5, 5.41) is 2.82. The van der Waals surface area contributed by atoms with Crippen LogP contribution in [0.5, 0.6) is 0 Å². The van der Waals surface area contributed by atoms with Gasteiger partial charge in [-0.1, -0.05) is 42.5 Å². The van der Waals surface area contributed by atoms with Gasteiger partial charge in [0.05, 0.1) is 12.5 Å². The Hall–Kier alpha value is -2.20. The SMILES string of the molecule is CC(OCCCNC(=O)Cc1cccc(F)c1)c1ccccc1. The van der Waals surface area contributed by atoms with E-state index in [1.165, 1.54) is 12.1 Å². The number of nitrogens with one attached hydrogen (secondary N) is 1. The van der Waals surface area contributed by atoms with E-state index in [2.05, 4.69) is 5.32 Å². The molecule has 1 amide bonds. The molecule has 0 spiro atoms. The average molecular weight is 315 g/mol. The van der Waals surface area contributed by atoms with Crippen LogP contribution in [0.25, 0.3) is 0 Å². The van der Waals surface area contributed by atoms with Crippen molar-refractivity contribution in [1.29, 1.82) is 0 Å². The van der Waals surface area contributed by atoms with E-state index in [1.54, 1.807) is 12.1 Å². The molecular formula is C19H22FNO2. The van der Waals surface area contributed by atoms with Crippen LogP contribution >= 0.6 is 0 Å².